The summed E-state index contributed by atoms with van der Waals surface area (Å²) < 4.78 is 15.6. The molecule has 1 N–H and O–H groups in total. The van der Waals surface area contributed by atoms with E-state index in [-0.39, 0.29) is 0 Å². The van der Waals surface area contributed by atoms with Gasteiger partial charge in [-0.25, -0.2) is 0 Å². The first-order valence-electron chi connectivity index (χ1n) is 7.03. The lowest BCUT2D eigenvalue weighted by atomic mass is 10.3. The molecule has 0 aliphatic carbocycles. The van der Waals surface area contributed by atoms with Gasteiger partial charge in [0.2, 0.25) is 0 Å². The van der Waals surface area contributed by atoms with Gasteiger partial charge in [0, 0.05) is 46.0 Å². The third kappa shape index (κ3) is 7.00. The van der Waals surface area contributed by atoms with Crippen molar-refractivity contribution in [2.75, 3.05) is 40.5 Å². The summed E-state index contributed by atoms with van der Waals surface area (Å²) in [5, 5.41) is 7.40. The van der Waals surface area contributed by atoms with Crippen LogP contribution in [0.2, 0.25) is 0 Å². The molecule has 1 aromatic rings. The fraction of sp³-hybridized carbons (Fsp3) is 0.786. The van der Waals surface area contributed by atoms with Gasteiger partial charge in [-0.3, -0.25) is 4.90 Å². The van der Waals surface area contributed by atoms with Crippen LogP contribution in [0.15, 0.2) is 10.6 Å². The van der Waals surface area contributed by atoms with E-state index in [2.05, 4.69) is 29.2 Å². The Kier molecular flexibility index (Phi) is 8.45. The van der Waals surface area contributed by atoms with E-state index in [0.29, 0.717) is 19.3 Å². The molecule has 0 radical (unpaired) electrons. The molecule has 6 heteroatoms. The highest BCUT2D eigenvalue weighted by Gasteiger charge is 2.10. The zero-order chi connectivity index (χ0) is 14.8. The highest BCUT2D eigenvalue weighted by Crippen LogP contribution is 2.07. The summed E-state index contributed by atoms with van der Waals surface area (Å²) >= 11 is 0. The fourth-order valence-electron chi connectivity index (χ4n) is 1.75. The molecular formula is C14H27N3O3. The Hall–Kier alpha value is -0.950. The maximum absolute atomic E-state index is 5.37. The van der Waals surface area contributed by atoms with E-state index in [1.807, 2.05) is 6.07 Å². The van der Waals surface area contributed by atoms with Gasteiger partial charge in [0.05, 0.1) is 25.5 Å². The summed E-state index contributed by atoms with van der Waals surface area (Å²) in [6, 6.07) is 2.44. The largest absolute Gasteiger partial charge is 0.383 e. The zero-order valence-electron chi connectivity index (χ0n) is 13.0. The van der Waals surface area contributed by atoms with E-state index in [1.165, 1.54) is 0 Å². The minimum atomic E-state index is 0.440. The lowest BCUT2D eigenvalue weighted by Crippen LogP contribution is -2.30. The van der Waals surface area contributed by atoms with Crippen LogP contribution in [-0.4, -0.2) is 56.6 Å². The van der Waals surface area contributed by atoms with Crippen molar-refractivity contribution in [1.82, 2.24) is 15.4 Å². The van der Waals surface area contributed by atoms with E-state index in [1.54, 1.807) is 14.2 Å². The van der Waals surface area contributed by atoms with E-state index < -0.39 is 0 Å². The number of methoxy groups -OCH3 is 2. The number of nitrogens with zero attached hydrogens (tertiary/aromatic N) is 2. The van der Waals surface area contributed by atoms with Crippen molar-refractivity contribution >= 4 is 0 Å². The molecule has 0 aromatic carbocycles. The topological polar surface area (TPSA) is 59.8 Å². The smallest absolute Gasteiger partial charge is 0.151 e. The maximum Gasteiger partial charge on any atom is 0.151 e. The van der Waals surface area contributed by atoms with Crippen molar-refractivity contribution in [2.24, 2.45) is 0 Å². The van der Waals surface area contributed by atoms with Gasteiger partial charge >= 0.3 is 0 Å². The number of ether oxygens (including phenoxy) is 2. The highest BCUT2D eigenvalue weighted by atomic mass is 16.5. The van der Waals surface area contributed by atoms with Crippen LogP contribution in [0.4, 0.5) is 0 Å². The molecule has 0 amide bonds. The van der Waals surface area contributed by atoms with Crippen LogP contribution in [-0.2, 0) is 22.6 Å². The quantitative estimate of drug-likeness (QED) is 0.660. The Balaban J connectivity index is 2.45. The summed E-state index contributed by atoms with van der Waals surface area (Å²) in [4.78, 5) is 2.23. The van der Waals surface area contributed by atoms with E-state index in [0.717, 1.165) is 37.6 Å². The van der Waals surface area contributed by atoms with Gasteiger partial charge in [0.15, 0.2) is 5.76 Å². The number of hydrogen-bond donors (Lipinski definition) is 1. The van der Waals surface area contributed by atoms with Gasteiger partial charge in [0.1, 0.15) is 0 Å². The summed E-state index contributed by atoms with van der Waals surface area (Å²) in [6.07, 6.45) is 0. The molecular weight excluding hydrogens is 258 g/mol. The molecule has 6 nitrogen and oxygen atoms in total. The van der Waals surface area contributed by atoms with Crippen molar-refractivity contribution in [3.8, 4) is 0 Å². The summed E-state index contributed by atoms with van der Waals surface area (Å²) in [5.41, 5.74) is 0.937. The van der Waals surface area contributed by atoms with Gasteiger partial charge in [-0.15, -0.1) is 0 Å². The molecule has 0 bridgehead atoms. The first-order chi connectivity index (χ1) is 9.65. The lowest BCUT2D eigenvalue weighted by molar-refractivity contribution is 0.104. The molecule has 0 unspecified atom stereocenters. The minimum absolute atomic E-state index is 0.440. The SMILES string of the molecule is COCCN(CCOC)Cc1cc(CNC(C)C)no1. The van der Waals surface area contributed by atoms with E-state index >= 15 is 0 Å². The van der Waals surface area contributed by atoms with Gasteiger partial charge in [-0.2, -0.15) is 0 Å². The van der Waals surface area contributed by atoms with Crippen LogP contribution in [0.1, 0.15) is 25.3 Å². The number of nitrogens with one attached hydrogen (secondary N) is 1. The second-order valence-electron chi connectivity index (χ2n) is 5.08. The molecule has 0 aliphatic rings. The lowest BCUT2D eigenvalue weighted by Gasteiger charge is -2.19. The second kappa shape index (κ2) is 9.88. The van der Waals surface area contributed by atoms with Crippen LogP contribution >= 0.6 is 0 Å². The molecule has 0 fully saturated rings. The van der Waals surface area contributed by atoms with Gasteiger partial charge in [0.25, 0.3) is 0 Å². The number of rotatable bonds is 11. The average Bonchev–Trinajstić information content (AvgIpc) is 2.87. The highest BCUT2D eigenvalue weighted by molar-refractivity contribution is 5.05. The Morgan fingerprint density at radius 1 is 1.25 bits per heavy atom. The van der Waals surface area contributed by atoms with Gasteiger partial charge in [-0.1, -0.05) is 19.0 Å². The Bertz CT molecular complexity index is 347. The standard InChI is InChI=1S/C14H27N3O3/c1-12(2)15-10-13-9-14(20-16-13)11-17(5-7-18-3)6-8-19-4/h9,12,15H,5-8,10-11H2,1-4H3. The van der Waals surface area contributed by atoms with Crippen molar-refractivity contribution in [2.45, 2.75) is 33.0 Å². The van der Waals surface area contributed by atoms with Crippen LogP contribution in [0, 0.1) is 0 Å². The Labute approximate surface area is 121 Å². The molecule has 0 saturated carbocycles. The predicted octanol–water partition coefficient (Wildman–Crippen LogP) is 1.27. The number of hydrogen-bond acceptors (Lipinski definition) is 6. The first kappa shape index (κ1) is 17.1. The normalized spacial score (nSPS) is 11.7. The third-order valence-electron chi connectivity index (χ3n) is 2.90. The zero-order valence-corrected chi connectivity index (χ0v) is 13.0. The van der Waals surface area contributed by atoms with Crippen molar-refractivity contribution in [3.05, 3.63) is 17.5 Å². The van der Waals surface area contributed by atoms with Crippen molar-refractivity contribution < 1.29 is 14.0 Å². The third-order valence-corrected chi connectivity index (χ3v) is 2.90. The molecule has 0 atom stereocenters. The Morgan fingerprint density at radius 2 is 1.90 bits per heavy atom. The van der Waals surface area contributed by atoms with Gasteiger partial charge < -0.3 is 19.3 Å². The second-order valence-corrected chi connectivity index (χ2v) is 5.08. The molecule has 1 heterocycles. The van der Waals surface area contributed by atoms with E-state index in [9.17, 15) is 0 Å². The molecule has 0 aliphatic heterocycles. The average molecular weight is 285 g/mol. The van der Waals surface area contributed by atoms with Crippen molar-refractivity contribution in [3.63, 3.8) is 0 Å². The summed E-state index contributed by atoms with van der Waals surface area (Å²) in [7, 11) is 3.41. The molecule has 1 rings (SSSR count). The first-order valence-corrected chi connectivity index (χ1v) is 7.03. The molecule has 1 aromatic heterocycles. The fourth-order valence-corrected chi connectivity index (χ4v) is 1.75. The van der Waals surface area contributed by atoms with Crippen molar-refractivity contribution in [1.29, 1.82) is 0 Å². The van der Waals surface area contributed by atoms with Gasteiger partial charge in [-0.05, 0) is 0 Å². The number of aromatic nitrogens is 1. The monoisotopic (exact) mass is 285 g/mol. The molecule has 20 heavy (non-hydrogen) atoms. The van der Waals surface area contributed by atoms with Crippen LogP contribution in [0.3, 0.4) is 0 Å². The molecule has 0 saturated heterocycles. The van der Waals surface area contributed by atoms with Crippen LogP contribution in [0.25, 0.3) is 0 Å². The summed E-state index contributed by atoms with van der Waals surface area (Å²) in [6.45, 7) is 8.76. The maximum atomic E-state index is 5.37. The summed E-state index contributed by atoms with van der Waals surface area (Å²) in [5.74, 6) is 0.873. The van der Waals surface area contributed by atoms with Crippen LogP contribution < -0.4 is 5.32 Å². The Morgan fingerprint density at radius 3 is 2.45 bits per heavy atom. The predicted molar refractivity (Wildman–Crippen MR) is 77.5 cm³/mol. The molecule has 0 spiro atoms. The molecule has 116 valence electrons. The van der Waals surface area contributed by atoms with E-state index in [4.69, 9.17) is 14.0 Å². The van der Waals surface area contributed by atoms with Crippen LogP contribution in [0.5, 0.6) is 0 Å². The minimum Gasteiger partial charge on any atom is -0.383 e.